The molecule has 7 heteroatoms. The van der Waals surface area contributed by atoms with Gasteiger partial charge in [0.05, 0.1) is 6.42 Å². The minimum atomic E-state index is -0.833. The Morgan fingerprint density at radius 2 is 2.00 bits per heavy atom. The monoisotopic (exact) mass is 301 g/mol. The molecule has 0 bridgehead atoms. The van der Waals surface area contributed by atoms with Crippen LogP contribution in [0.3, 0.4) is 0 Å². The summed E-state index contributed by atoms with van der Waals surface area (Å²) in [6, 6.07) is -0.251. The Kier molecular flexibility index (Phi) is 5.97. The number of carbonyl (C=O) groups excluding carboxylic acids is 1. The van der Waals surface area contributed by atoms with Gasteiger partial charge in [-0.05, 0) is 12.8 Å². The zero-order valence-corrected chi connectivity index (χ0v) is 12.5. The van der Waals surface area contributed by atoms with Gasteiger partial charge in [0.1, 0.15) is 0 Å². The van der Waals surface area contributed by atoms with E-state index in [1.807, 2.05) is 11.8 Å². The number of aliphatic carboxylic acids is 1. The number of thioether (sulfide) groups is 1. The molecule has 0 aromatic carbocycles. The summed E-state index contributed by atoms with van der Waals surface area (Å²) in [5.41, 5.74) is 0. The predicted molar refractivity (Wildman–Crippen MR) is 79.1 cm³/mol. The Morgan fingerprint density at radius 1 is 1.25 bits per heavy atom. The van der Waals surface area contributed by atoms with Crippen molar-refractivity contribution in [2.24, 2.45) is 0 Å². The van der Waals surface area contributed by atoms with Crippen LogP contribution < -0.4 is 5.32 Å². The van der Waals surface area contributed by atoms with Crippen molar-refractivity contribution in [3.63, 3.8) is 0 Å². The number of likely N-dealkylation sites (tertiary alicyclic amines) is 1. The molecule has 0 aromatic heterocycles. The molecule has 114 valence electrons. The summed E-state index contributed by atoms with van der Waals surface area (Å²) < 4.78 is 0. The Labute approximate surface area is 123 Å². The van der Waals surface area contributed by atoms with E-state index in [0.29, 0.717) is 13.1 Å². The first-order valence-corrected chi connectivity index (χ1v) is 8.38. The fourth-order valence-corrected chi connectivity index (χ4v) is 3.74. The van der Waals surface area contributed by atoms with Crippen LogP contribution in [-0.4, -0.2) is 77.2 Å². The van der Waals surface area contributed by atoms with E-state index in [1.54, 1.807) is 4.90 Å². The van der Waals surface area contributed by atoms with Gasteiger partial charge in [0.25, 0.3) is 0 Å². The van der Waals surface area contributed by atoms with Crippen LogP contribution in [0.4, 0.5) is 4.79 Å². The second-order valence-corrected chi connectivity index (χ2v) is 6.50. The van der Waals surface area contributed by atoms with E-state index in [0.717, 1.165) is 32.5 Å². The highest BCUT2D eigenvalue weighted by Gasteiger charge is 2.30. The topological polar surface area (TPSA) is 72.9 Å². The lowest BCUT2D eigenvalue weighted by atomic mass is 10.1. The quantitative estimate of drug-likeness (QED) is 0.781. The lowest BCUT2D eigenvalue weighted by molar-refractivity contribution is -0.137. The molecule has 2 saturated heterocycles. The fourth-order valence-electron chi connectivity index (χ4n) is 2.76. The molecule has 2 amide bonds. The summed E-state index contributed by atoms with van der Waals surface area (Å²) in [4.78, 5) is 26.9. The number of rotatable bonds is 5. The summed E-state index contributed by atoms with van der Waals surface area (Å²) in [5.74, 6) is 1.50. The molecule has 2 heterocycles. The number of amides is 2. The van der Waals surface area contributed by atoms with E-state index < -0.39 is 5.97 Å². The highest BCUT2D eigenvalue weighted by molar-refractivity contribution is 7.99. The molecule has 0 aromatic rings. The number of nitrogens with one attached hydrogen (secondary N) is 1. The van der Waals surface area contributed by atoms with Crippen molar-refractivity contribution in [1.82, 2.24) is 15.1 Å². The van der Waals surface area contributed by atoms with Crippen LogP contribution in [0.5, 0.6) is 0 Å². The zero-order valence-electron chi connectivity index (χ0n) is 11.7. The summed E-state index contributed by atoms with van der Waals surface area (Å²) in [6.45, 7) is 4.37. The first-order valence-electron chi connectivity index (χ1n) is 7.23. The van der Waals surface area contributed by atoms with Crippen LogP contribution in [-0.2, 0) is 4.79 Å². The van der Waals surface area contributed by atoms with Crippen molar-refractivity contribution >= 4 is 23.8 Å². The molecule has 0 radical (unpaired) electrons. The van der Waals surface area contributed by atoms with E-state index in [-0.39, 0.29) is 18.5 Å². The zero-order chi connectivity index (χ0) is 14.4. The van der Waals surface area contributed by atoms with Crippen molar-refractivity contribution in [2.45, 2.75) is 25.3 Å². The summed E-state index contributed by atoms with van der Waals surface area (Å²) in [7, 11) is 0. The van der Waals surface area contributed by atoms with E-state index in [2.05, 4.69) is 10.2 Å². The number of hydrogen-bond donors (Lipinski definition) is 2. The van der Waals surface area contributed by atoms with Gasteiger partial charge in [-0.1, -0.05) is 0 Å². The van der Waals surface area contributed by atoms with E-state index in [9.17, 15) is 9.59 Å². The third-order valence-corrected chi connectivity index (χ3v) is 4.80. The molecule has 6 nitrogen and oxygen atoms in total. The average molecular weight is 301 g/mol. The molecule has 1 unspecified atom stereocenters. The Hall–Kier alpha value is -0.950. The smallest absolute Gasteiger partial charge is 0.317 e. The van der Waals surface area contributed by atoms with Crippen molar-refractivity contribution in [3.05, 3.63) is 0 Å². The van der Waals surface area contributed by atoms with Gasteiger partial charge in [0.2, 0.25) is 0 Å². The van der Waals surface area contributed by atoms with Gasteiger partial charge in [-0.2, -0.15) is 11.8 Å². The van der Waals surface area contributed by atoms with Crippen molar-refractivity contribution in [1.29, 1.82) is 0 Å². The normalized spacial score (nSPS) is 23.8. The Balaban J connectivity index is 1.69. The van der Waals surface area contributed by atoms with Crippen LogP contribution in [0.15, 0.2) is 0 Å². The van der Waals surface area contributed by atoms with E-state index in [4.69, 9.17) is 5.11 Å². The maximum Gasteiger partial charge on any atom is 0.317 e. The lowest BCUT2D eigenvalue weighted by Crippen LogP contribution is -2.46. The van der Waals surface area contributed by atoms with Crippen molar-refractivity contribution in [2.75, 3.05) is 44.2 Å². The van der Waals surface area contributed by atoms with Gasteiger partial charge >= 0.3 is 12.0 Å². The van der Waals surface area contributed by atoms with Crippen LogP contribution in [0.2, 0.25) is 0 Å². The number of carboxylic acid groups (broad SMARTS) is 1. The summed E-state index contributed by atoms with van der Waals surface area (Å²) in [6.07, 6.45) is 1.74. The third kappa shape index (κ3) is 4.56. The first kappa shape index (κ1) is 15.4. The maximum absolute atomic E-state index is 12.1. The second kappa shape index (κ2) is 7.73. The minimum absolute atomic E-state index is 0.0523. The molecule has 0 saturated carbocycles. The number of carbonyl (C=O) groups is 2. The minimum Gasteiger partial charge on any atom is -0.481 e. The van der Waals surface area contributed by atoms with Gasteiger partial charge in [0, 0.05) is 50.3 Å². The van der Waals surface area contributed by atoms with Gasteiger partial charge in [0.15, 0.2) is 0 Å². The predicted octanol–water partition coefficient (Wildman–Crippen LogP) is 0.684. The van der Waals surface area contributed by atoms with Crippen molar-refractivity contribution in [3.8, 4) is 0 Å². The Bertz CT molecular complexity index is 348. The van der Waals surface area contributed by atoms with Crippen LogP contribution in [0.1, 0.15) is 19.3 Å². The fraction of sp³-hybridized carbons (Fsp3) is 0.846. The molecule has 20 heavy (non-hydrogen) atoms. The molecule has 2 N–H and O–H groups in total. The van der Waals surface area contributed by atoms with Gasteiger partial charge < -0.3 is 15.3 Å². The SMILES string of the molecule is O=C(O)CC1CCCN1C(=O)NCCN1CCSCC1. The van der Waals surface area contributed by atoms with Gasteiger partial charge in [-0.15, -0.1) is 0 Å². The van der Waals surface area contributed by atoms with E-state index >= 15 is 0 Å². The average Bonchev–Trinajstić information content (AvgIpc) is 2.87. The van der Waals surface area contributed by atoms with Gasteiger partial charge in [-0.25, -0.2) is 4.79 Å². The summed E-state index contributed by atoms with van der Waals surface area (Å²) in [5, 5.41) is 11.8. The molecular weight excluding hydrogens is 278 g/mol. The first-order chi connectivity index (χ1) is 9.66. The standard InChI is InChI=1S/C13H23N3O3S/c17-12(18)10-11-2-1-4-16(11)13(19)14-3-5-15-6-8-20-9-7-15/h11H,1-10H2,(H,14,19)(H,17,18). The van der Waals surface area contributed by atoms with Gasteiger partial charge in [-0.3, -0.25) is 9.69 Å². The van der Waals surface area contributed by atoms with Crippen LogP contribution in [0, 0.1) is 0 Å². The Morgan fingerprint density at radius 3 is 2.70 bits per heavy atom. The number of hydrogen-bond acceptors (Lipinski definition) is 4. The molecule has 1 atom stereocenters. The number of carboxylic acids is 1. The number of nitrogens with zero attached hydrogens (tertiary/aromatic N) is 2. The molecule has 2 rings (SSSR count). The highest BCUT2D eigenvalue weighted by atomic mass is 32.2. The molecule has 0 aliphatic carbocycles. The number of urea groups is 1. The highest BCUT2D eigenvalue weighted by Crippen LogP contribution is 2.19. The second-order valence-electron chi connectivity index (χ2n) is 5.27. The molecule has 2 aliphatic heterocycles. The van der Waals surface area contributed by atoms with Crippen LogP contribution >= 0.6 is 11.8 Å². The maximum atomic E-state index is 12.1. The third-order valence-electron chi connectivity index (χ3n) is 3.86. The molecule has 2 fully saturated rings. The molecule has 0 spiro atoms. The largest absolute Gasteiger partial charge is 0.481 e. The van der Waals surface area contributed by atoms with E-state index in [1.165, 1.54) is 11.5 Å². The lowest BCUT2D eigenvalue weighted by Gasteiger charge is -2.27. The van der Waals surface area contributed by atoms with Crippen molar-refractivity contribution < 1.29 is 14.7 Å². The molecular formula is C13H23N3O3S. The van der Waals surface area contributed by atoms with Crippen LogP contribution in [0.25, 0.3) is 0 Å². The molecule has 2 aliphatic rings. The summed E-state index contributed by atoms with van der Waals surface area (Å²) >= 11 is 1.97.